The third-order valence-electron chi connectivity index (χ3n) is 1.48. The average Bonchev–Trinajstić information content (AvgIpc) is 2.04. The van der Waals surface area contributed by atoms with Crippen LogP contribution < -0.4 is 10.5 Å². The number of nitrogen functional groups attached to an aromatic ring is 1. The molecule has 0 spiro atoms. The molecule has 2 aromatic heterocycles. The summed E-state index contributed by atoms with van der Waals surface area (Å²) in [5, 5.41) is 0.788. The maximum atomic E-state index is 5.65. The van der Waals surface area contributed by atoms with Gasteiger partial charge in [0.05, 0.1) is 0 Å². The van der Waals surface area contributed by atoms with Crippen molar-refractivity contribution in [1.29, 1.82) is 0 Å². The first-order valence-electron chi connectivity index (χ1n) is 3.32. The number of hydrogen-bond donors (Lipinski definition) is 1. The molecule has 0 aromatic carbocycles. The summed E-state index contributed by atoms with van der Waals surface area (Å²) >= 11 is 2.69. The van der Waals surface area contributed by atoms with E-state index in [0.29, 0.717) is 16.2 Å². The van der Waals surface area contributed by atoms with Gasteiger partial charge in [0.15, 0.2) is 0 Å². The Morgan fingerprint density at radius 3 is 3.00 bits per heavy atom. The standard InChI is InChI=1S/C7H5N4Se/c8-5-4-2-1-3-9-6(4)11-7(12)10-5/h1-3H,(H2,8,9,10,11). The number of pyridine rings is 1. The van der Waals surface area contributed by atoms with Crippen molar-refractivity contribution in [3.05, 3.63) is 18.3 Å². The minimum atomic E-state index is 0.460. The van der Waals surface area contributed by atoms with Gasteiger partial charge in [0.25, 0.3) is 0 Å². The van der Waals surface area contributed by atoms with Crippen molar-refractivity contribution < 1.29 is 0 Å². The van der Waals surface area contributed by atoms with Gasteiger partial charge in [0.1, 0.15) is 0 Å². The Morgan fingerprint density at radius 1 is 1.33 bits per heavy atom. The molecule has 0 bridgehead atoms. The second kappa shape index (κ2) is 2.69. The molecule has 1 radical (unpaired) electrons. The van der Waals surface area contributed by atoms with Crippen molar-refractivity contribution in [1.82, 2.24) is 15.0 Å². The molecule has 0 aliphatic heterocycles. The molecule has 59 valence electrons. The van der Waals surface area contributed by atoms with Gasteiger partial charge >= 0.3 is 76.6 Å². The number of hydrogen-bond acceptors (Lipinski definition) is 4. The molecule has 0 atom stereocenters. The van der Waals surface area contributed by atoms with E-state index in [9.17, 15) is 0 Å². The van der Waals surface area contributed by atoms with E-state index in [1.54, 1.807) is 12.3 Å². The predicted molar refractivity (Wildman–Crippen MR) is 47.1 cm³/mol. The summed E-state index contributed by atoms with van der Waals surface area (Å²) in [4.78, 5) is 12.1. The summed E-state index contributed by atoms with van der Waals surface area (Å²) in [6.45, 7) is 0. The molecule has 0 fully saturated rings. The number of aromatic nitrogens is 3. The summed E-state index contributed by atoms with van der Waals surface area (Å²) in [5.74, 6) is 0.460. The van der Waals surface area contributed by atoms with Gasteiger partial charge in [0, 0.05) is 0 Å². The molecule has 2 aromatic rings. The molecule has 0 aliphatic carbocycles. The fourth-order valence-corrected chi connectivity index (χ4v) is 1.35. The van der Waals surface area contributed by atoms with E-state index in [1.165, 1.54) is 0 Å². The first kappa shape index (κ1) is 7.46. The van der Waals surface area contributed by atoms with Gasteiger partial charge in [-0.05, 0) is 0 Å². The summed E-state index contributed by atoms with van der Waals surface area (Å²) in [7, 11) is 0. The molecule has 4 nitrogen and oxygen atoms in total. The van der Waals surface area contributed by atoms with Crippen LogP contribution in [0, 0.1) is 0 Å². The molecule has 2 N–H and O–H groups in total. The first-order valence-corrected chi connectivity index (χ1v) is 4.18. The van der Waals surface area contributed by atoms with Crippen molar-refractivity contribution in [2.75, 3.05) is 5.73 Å². The van der Waals surface area contributed by atoms with Gasteiger partial charge in [-0.3, -0.25) is 0 Å². The summed E-state index contributed by atoms with van der Waals surface area (Å²) < 4.78 is 0.527. The molecule has 0 unspecified atom stereocenters. The first-order chi connectivity index (χ1) is 5.77. The molecule has 2 rings (SSSR count). The number of fused-ring (bicyclic) bond motifs is 1. The van der Waals surface area contributed by atoms with Gasteiger partial charge in [0.2, 0.25) is 0 Å². The fourth-order valence-electron chi connectivity index (χ4n) is 0.965. The predicted octanol–water partition coefficient (Wildman–Crippen LogP) is -0.599. The van der Waals surface area contributed by atoms with Crippen LogP contribution in [0.2, 0.25) is 0 Å². The van der Waals surface area contributed by atoms with E-state index >= 15 is 0 Å². The molecule has 0 aliphatic rings. The van der Waals surface area contributed by atoms with Crippen LogP contribution in [0.3, 0.4) is 0 Å². The van der Waals surface area contributed by atoms with E-state index in [0.717, 1.165) is 5.39 Å². The van der Waals surface area contributed by atoms with E-state index in [2.05, 4.69) is 31.0 Å². The molecule has 2 heterocycles. The van der Waals surface area contributed by atoms with E-state index in [4.69, 9.17) is 5.73 Å². The Hall–Kier alpha value is -1.19. The Labute approximate surface area is 77.0 Å². The second-order valence-corrected chi connectivity index (χ2v) is 3.03. The normalized spacial score (nSPS) is 10.3. The quantitative estimate of drug-likeness (QED) is 0.607. The monoisotopic (exact) mass is 225 g/mol. The van der Waals surface area contributed by atoms with Crippen molar-refractivity contribution in [2.24, 2.45) is 0 Å². The van der Waals surface area contributed by atoms with Crippen LogP contribution in [0.25, 0.3) is 11.0 Å². The second-order valence-electron chi connectivity index (χ2n) is 2.27. The Morgan fingerprint density at radius 2 is 2.17 bits per heavy atom. The van der Waals surface area contributed by atoms with Gasteiger partial charge in [-0.25, -0.2) is 0 Å². The van der Waals surface area contributed by atoms with E-state index < -0.39 is 0 Å². The van der Waals surface area contributed by atoms with Gasteiger partial charge in [-0.2, -0.15) is 0 Å². The van der Waals surface area contributed by atoms with Crippen LogP contribution in [-0.4, -0.2) is 31.0 Å². The molecule has 0 amide bonds. The summed E-state index contributed by atoms with van der Waals surface area (Å²) in [6, 6.07) is 3.65. The third kappa shape index (κ3) is 1.13. The molecule has 0 saturated carbocycles. The zero-order valence-electron chi connectivity index (χ0n) is 6.06. The molecule has 12 heavy (non-hydrogen) atoms. The van der Waals surface area contributed by atoms with Crippen molar-refractivity contribution in [3.63, 3.8) is 0 Å². The van der Waals surface area contributed by atoms with Crippen molar-refractivity contribution >= 4 is 37.6 Å². The van der Waals surface area contributed by atoms with Crippen LogP contribution in [0.1, 0.15) is 0 Å². The van der Waals surface area contributed by atoms with Crippen LogP contribution >= 0.6 is 0 Å². The van der Waals surface area contributed by atoms with Gasteiger partial charge in [-0.15, -0.1) is 0 Å². The zero-order valence-corrected chi connectivity index (χ0v) is 7.77. The SMILES string of the molecule is Nc1nc([Se])nc2ncccc12. The number of rotatable bonds is 0. The maximum absolute atomic E-state index is 5.65. The fraction of sp³-hybridized carbons (Fsp3) is 0. The van der Waals surface area contributed by atoms with Crippen LogP contribution in [0.5, 0.6) is 0 Å². The Bertz CT molecular complexity index is 429. The van der Waals surface area contributed by atoms with Crippen molar-refractivity contribution in [3.8, 4) is 0 Å². The van der Waals surface area contributed by atoms with Gasteiger partial charge in [-0.1, -0.05) is 0 Å². The van der Waals surface area contributed by atoms with E-state index in [-0.39, 0.29) is 0 Å². The average molecular weight is 224 g/mol. The van der Waals surface area contributed by atoms with Crippen molar-refractivity contribution in [2.45, 2.75) is 0 Å². The van der Waals surface area contributed by atoms with Crippen LogP contribution in [0.15, 0.2) is 18.3 Å². The third-order valence-corrected chi connectivity index (χ3v) is 1.86. The Kier molecular flexibility index (Phi) is 1.67. The van der Waals surface area contributed by atoms with Gasteiger partial charge < -0.3 is 0 Å². The summed E-state index contributed by atoms with van der Waals surface area (Å²) in [6.07, 6.45) is 1.67. The minimum absolute atomic E-state index is 0.460. The van der Waals surface area contributed by atoms with Crippen LogP contribution in [0.4, 0.5) is 5.82 Å². The number of nitrogens with two attached hydrogens (primary N) is 1. The number of nitrogens with zero attached hydrogens (tertiary/aromatic N) is 3. The summed E-state index contributed by atoms with van der Waals surface area (Å²) in [5.41, 5.74) is 6.27. The van der Waals surface area contributed by atoms with Crippen LogP contribution in [-0.2, 0) is 0 Å². The Balaban J connectivity index is 2.89. The zero-order chi connectivity index (χ0) is 8.55. The number of anilines is 1. The topological polar surface area (TPSA) is 64.7 Å². The molecular weight excluding hydrogens is 219 g/mol. The molecule has 5 heteroatoms. The molecule has 0 saturated heterocycles. The van der Waals surface area contributed by atoms with E-state index in [1.807, 2.05) is 6.07 Å². The molecular formula is C7H5N4Se.